The molecule has 5 heteroatoms. The van der Waals surface area contributed by atoms with Crippen LogP contribution in [0.5, 0.6) is 5.75 Å². The number of benzene rings is 1. The second-order valence-electron chi connectivity index (χ2n) is 6.00. The molecule has 0 aliphatic heterocycles. The molecule has 2 rings (SSSR count). The van der Waals surface area contributed by atoms with Crippen molar-refractivity contribution in [2.75, 3.05) is 12.4 Å². The van der Waals surface area contributed by atoms with E-state index >= 15 is 0 Å². The first-order chi connectivity index (χ1) is 10.5. The molecule has 1 fully saturated rings. The van der Waals surface area contributed by atoms with Crippen LogP contribution in [0.4, 0.5) is 5.69 Å². The minimum absolute atomic E-state index is 0.0305. The van der Waals surface area contributed by atoms with Crippen LogP contribution in [0.3, 0.4) is 0 Å². The second-order valence-corrected chi connectivity index (χ2v) is 6.00. The van der Waals surface area contributed by atoms with Crippen LogP contribution < -0.4 is 10.1 Å². The number of ether oxygens (including phenoxy) is 1. The minimum atomic E-state index is -1.05. The zero-order valence-corrected chi connectivity index (χ0v) is 13.1. The number of aromatic carboxylic acids is 1. The highest BCUT2D eigenvalue weighted by Crippen LogP contribution is 2.31. The van der Waals surface area contributed by atoms with Gasteiger partial charge in [-0.25, -0.2) is 4.79 Å². The third-order valence-electron chi connectivity index (χ3n) is 4.31. The lowest BCUT2D eigenvalue weighted by molar-refractivity contribution is -0.119. The van der Waals surface area contributed by atoms with E-state index in [9.17, 15) is 9.59 Å². The van der Waals surface area contributed by atoms with Gasteiger partial charge in [-0.05, 0) is 24.5 Å². The lowest BCUT2D eigenvalue weighted by atomic mass is 9.94. The summed E-state index contributed by atoms with van der Waals surface area (Å²) in [6.07, 6.45) is 5.90. The van der Waals surface area contributed by atoms with Gasteiger partial charge in [0.05, 0.1) is 7.11 Å². The monoisotopic (exact) mass is 305 g/mol. The predicted octanol–water partition coefficient (Wildman–Crippen LogP) is 3.55. The third kappa shape index (κ3) is 4.00. The van der Waals surface area contributed by atoms with Crippen molar-refractivity contribution in [1.29, 1.82) is 0 Å². The van der Waals surface area contributed by atoms with Crippen LogP contribution in [0.2, 0.25) is 0 Å². The number of amides is 1. The molecule has 1 amide bonds. The fourth-order valence-electron chi connectivity index (χ4n) is 3.06. The summed E-state index contributed by atoms with van der Waals surface area (Å²) in [7, 11) is 1.41. The quantitative estimate of drug-likeness (QED) is 0.842. The fraction of sp³-hybridized carbons (Fsp3) is 0.529. The Balaban J connectivity index is 1.99. The Bertz CT molecular complexity index is 550. The molecule has 1 saturated carbocycles. The molecule has 0 aromatic heterocycles. The summed E-state index contributed by atoms with van der Waals surface area (Å²) in [6.45, 7) is 1.94. The van der Waals surface area contributed by atoms with Gasteiger partial charge in [-0.3, -0.25) is 4.79 Å². The number of carbonyl (C=O) groups excluding carboxylic acids is 1. The van der Waals surface area contributed by atoms with Crippen LogP contribution in [0.1, 0.15) is 49.4 Å². The van der Waals surface area contributed by atoms with Gasteiger partial charge in [-0.1, -0.05) is 32.6 Å². The summed E-state index contributed by atoms with van der Waals surface area (Å²) >= 11 is 0. The Kier molecular flexibility index (Phi) is 5.41. The normalized spacial score (nSPS) is 16.3. The van der Waals surface area contributed by atoms with Gasteiger partial charge in [0.25, 0.3) is 0 Å². The maximum atomic E-state index is 12.3. The molecule has 1 aliphatic rings. The summed E-state index contributed by atoms with van der Waals surface area (Å²) in [5.41, 5.74) is 0.643. The first kappa shape index (κ1) is 16.3. The summed E-state index contributed by atoms with van der Waals surface area (Å²) in [6, 6.07) is 4.58. The van der Waals surface area contributed by atoms with Crippen molar-refractivity contribution in [3.8, 4) is 5.75 Å². The Hall–Kier alpha value is -2.04. The fourth-order valence-corrected chi connectivity index (χ4v) is 3.06. The van der Waals surface area contributed by atoms with Crippen molar-refractivity contribution in [3.63, 3.8) is 0 Å². The van der Waals surface area contributed by atoms with Gasteiger partial charge in [-0.2, -0.15) is 0 Å². The van der Waals surface area contributed by atoms with Crippen molar-refractivity contribution in [3.05, 3.63) is 23.8 Å². The Morgan fingerprint density at radius 1 is 1.36 bits per heavy atom. The first-order valence-electron chi connectivity index (χ1n) is 7.73. The maximum Gasteiger partial charge on any atom is 0.339 e. The molecule has 0 saturated heterocycles. The van der Waals surface area contributed by atoms with Crippen molar-refractivity contribution in [2.45, 2.75) is 39.0 Å². The molecule has 2 N–H and O–H groups in total. The maximum absolute atomic E-state index is 12.3. The molecule has 22 heavy (non-hydrogen) atoms. The van der Waals surface area contributed by atoms with E-state index in [4.69, 9.17) is 9.84 Å². The van der Waals surface area contributed by atoms with Crippen LogP contribution in [0.15, 0.2) is 18.2 Å². The van der Waals surface area contributed by atoms with E-state index in [2.05, 4.69) is 5.32 Å². The van der Waals surface area contributed by atoms with Crippen LogP contribution in [-0.2, 0) is 4.79 Å². The molecule has 1 aliphatic carbocycles. The number of rotatable bonds is 6. The van der Waals surface area contributed by atoms with Crippen molar-refractivity contribution < 1.29 is 19.4 Å². The SMILES string of the molecule is COc1cc(NC(=O)C(C)CC2CCCC2)ccc1C(=O)O. The van der Waals surface area contributed by atoms with E-state index in [0.29, 0.717) is 11.6 Å². The lowest BCUT2D eigenvalue weighted by Crippen LogP contribution is -2.22. The number of carboxylic acid groups (broad SMARTS) is 1. The molecule has 1 atom stereocenters. The molecule has 1 aromatic carbocycles. The van der Waals surface area contributed by atoms with Gasteiger partial charge in [0.2, 0.25) is 5.91 Å². The van der Waals surface area contributed by atoms with E-state index in [1.165, 1.54) is 38.9 Å². The van der Waals surface area contributed by atoms with Gasteiger partial charge in [-0.15, -0.1) is 0 Å². The van der Waals surface area contributed by atoms with E-state index < -0.39 is 5.97 Å². The summed E-state index contributed by atoms with van der Waals surface area (Å²) in [5, 5.41) is 11.9. The van der Waals surface area contributed by atoms with Crippen LogP contribution >= 0.6 is 0 Å². The number of anilines is 1. The standard InChI is InChI=1S/C17H23NO4/c1-11(9-12-5-3-4-6-12)16(19)18-13-7-8-14(17(20)21)15(10-13)22-2/h7-8,10-12H,3-6,9H2,1-2H3,(H,18,19)(H,20,21). The minimum Gasteiger partial charge on any atom is -0.496 e. The molecule has 1 aromatic rings. The third-order valence-corrected chi connectivity index (χ3v) is 4.31. The Labute approximate surface area is 130 Å². The van der Waals surface area contributed by atoms with Gasteiger partial charge < -0.3 is 15.2 Å². The van der Waals surface area contributed by atoms with Gasteiger partial charge in [0.15, 0.2) is 0 Å². The van der Waals surface area contributed by atoms with Gasteiger partial charge in [0, 0.05) is 17.7 Å². The highest BCUT2D eigenvalue weighted by atomic mass is 16.5. The molecular weight excluding hydrogens is 282 g/mol. The van der Waals surface area contributed by atoms with Crippen molar-refractivity contribution in [2.24, 2.45) is 11.8 Å². The summed E-state index contributed by atoms with van der Waals surface area (Å²) < 4.78 is 5.06. The zero-order valence-electron chi connectivity index (χ0n) is 13.1. The molecule has 120 valence electrons. The van der Waals surface area contributed by atoms with E-state index in [1.54, 1.807) is 12.1 Å². The predicted molar refractivity (Wildman–Crippen MR) is 84.3 cm³/mol. The number of carbonyl (C=O) groups is 2. The van der Waals surface area contributed by atoms with Crippen molar-refractivity contribution in [1.82, 2.24) is 0 Å². The lowest BCUT2D eigenvalue weighted by Gasteiger charge is -2.16. The molecule has 0 radical (unpaired) electrons. The number of carboxylic acids is 1. The number of methoxy groups -OCH3 is 1. The summed E-state index contributed by atoms with van der Waals surface area (Å²) in [4.78, 5) is 23.3. The van der Waals surface area contributed by atoms with Crippen LogP contribution in [0.25, 0.3) is 0 Å². The summed E-state index contributed by atoms with van der Waals surface area (Å²) in [5.74, 6) is -0.229. The average molecular weight is 305 g/mol. The zero-order chi connectivity index (χ0) is 16.1. The molecule has 0 bridgehead atoms. The van der Waals surface area contributed by atoms with Crippen LogP contribution in [-0.4, -0.2) is 24.1 Å². The van der Waals surface area contributed by atoms with E-state index in [-0.39, 0.29) is 23.1 Å². The average Bonchev–Trinajstić information content (AvgIpc) is 2.99. The smallest absolute Gasteiger partial charge is 0.339 e. The molecule has 1 unspecified atom stereocenters. The first-order valence-corrected chi connectivity index (χ1v) is 7.73. The number of hydrogen-bond donors (Lipinski definition) is 2. The topological polar surface area (TPSA) is 75.6 Å². The van der Waals surface area contributed by atoms with E-state index in [1.807, 2.05) is 6.92 Å². The number of nitrogens with one attached hydrogen (secondary N) is 1. The largest absolute Gasteiger partial charge is 0.496 e. The highest BCUT2D eigenvalue weighted by Gasteiger charge is 2.22. The molecule has 0 spiro atoms. The Morgan fingerprint density at radius 3 is 2.64 bits per heavy atom. The van der Waals surface area contributed by atoms with E-state index in [0.717, 1.165) is 6.42 Å². The molecular formula is C17H23NO4. The van der Waals surface area contributed by atoms with Crippen LogP contribution in [0, 0.1) is 11.8 Å². The van der Waals surface area contributed by atoms with Gasteiger partial charge >= 0.3 is 5.97 Å². The van der Waals surface area contributed by atoms with Crippen molar-refractivity contribution >= 4 is 17.6 Å². The molecule has 5 nitrogen and oxygen atoms in total. The van der Waals surface area contributed by atoms with Gasteiger partial charge in [0.1, 0.15) is 11.3 Å². The Morgan fingerprint density at radius 2 is 2.05 bits per heavy atom. The number of hydrogen-bond acceptors (Lipinski definition) is 3. The molecule has 0 heterocycles. The second kappa shape index (κ2) is 7.29. The highest BCUT2D eigenvalue weighted by molar-refractivity contribution is 5.95.